The summed E-state index contributed by atoms with van der Waals surface area (Å²) in [5, 5.41) is 3.36. The summed E-state index contributed by atoms with van der Waals surface area (Å²) in [6.07, 6.45) is 6.69. The van der Waals surface area contributed by atoms with E-state index >= 15 is 0 Å². The molecule has 1 aliphatic rings. The van der Waals surface area contributed by atoms with Crippen LogP contribution in [0.25, 0.3) is 0 Å². The van der Waals surface area contributed by atoms with E-state index in [1.54, 1.807) is 0 Å². The monoisotopic (exact) mass is 229 g/mol. The van der Waals surface area contributed by atoms with Gasteiger partial charge < -0.3 is 14.8 Å². The molecule has 1 heterocycles. The van der Waals surface area contributed by atoms with E-state index in [-0.39, 0.29) is 0 Å². The molecule has 0 aromatic heterocycles. The molecule has 96 valence electrons. The van der Waals surface area contributed by atoms with Gasteiger partial charge >= 0.3 is 0 Å². The average molecular weight is 229 g/mol. The van der Waals surface area contributed by atoms with Gasteiger partial charge in [-0.05, 0) is 32.2 Å². The zero-order valence-corrected chi connectivity index (χ0v) is 10.8. The van der Waals surface area contributed by atoms with E-state index in [4.69, 9.17) is 9.47 Å². The average Bonchev–Trinajstić information content (AvgIpc) is 2.34. The Hall–Kier alpha value is -0.120. The normalized spacial score (nSPS) is 23.2. The summed E-state index contributed by atoms with van der Waals surface area (Å²) in [7, 11) is 0. The highest BCUT2D eigenvalue weighted by atomic mass is 16.5. The second-order valence-electron chi connectivity index (χ2n) is 4.54. The Balaban J connectivity index is 2.14. The Morgan fingerprint density at radius 3 is 2.88 bits per heavy atom. The third-order valence-corrected chi connectivity index (χ3v) is 3.02. The molecule has 2 atom stereocenters. The maximum atomic E-state index is 5.94. The standard InChI is InChI=1S/C13H27NO2/c1-3-7-12(10-14-4-2)16-11-13-8-5-6-9-15-13/h12-14H,3-11H2,1-2H3. The van der Waals surface area contributed by atoms with Gasteiger partial charge in [-0.15, -0.1) is 0 Å². The molecule has 2 unspecified atom stereocenters. The number of rotatable bonds is 8. The van der Waals surface area contributed by atoms with Crippen molar-refractivity contribution in [2.75, 3.05) is 26.3 Å². The predicted octanol–water partition coefficient (Wildman–Crippen LogP) is 2.35. The Labute approximate surface area is 99.9 Å². The number of likely N-dealkylation sites (N-methyl/N-ethyl adjacent to an activating group) is 1. The van der Waals surface area contributed by atoms with Crippen molar-refractivity contribution in [1.82, 2.24) is 5.32 Å². The fourth-order valence-corrected chi connectivity index (χ4v) is 2.05. The molecule has 16 heavy (non-hydrogen) atoms. The van der Waals surface area contributed by atoms with E-state index in [0.717, 1.165) is 32.7 Å². The molecule has 0 amide bonds. The van der Waals surface area contributed by atoms with Crippen LogP contribution in [0, 0.1) is 0 Å². The number of ether oxygens (including phenoxy) is 2. The highest BCUT2D eigenvalue weighted by Crippen LogP contribution is 2.14. The van der Waals surface area contributed by atoms with Gasteiger partial charge in [0.2, 0.25) is 0 Å². The number of hydrogen-bond acceptors (Lipinski definition) is 3. The van der Waals surface area contributed by atoms with E-state index < -0.39 is 0 Å². The first-order valence-corrected chi connectivity index (χ1v) is 6.80. The van der Waals surface area contributed by atoms with E-state index in [1.165, 1.54) is 25.7 Å². The summed E-state index contributed by atoms with van der Waals surface area (Å²) in [5.41, 5.74) is 0. The van der Waals surface area contributed by atoms with Gasteiger partial charge in [0.1, 0.15) is 0 Å². The van der Waals surface area contributed by atoms with Crippen LogP contribution in [0.4, 0.5) is 0 Å². The molecule has 0 spiro atoms. The van der Waals surface area contributed by atoms with Gasteiger partial charge in [-0.3, -0.25) is 0 Å². The summed E-state index contributed by atoms with van der Waals surface area (Å²) < 4.78 is 11.6. The molecular formula is C13H27NO2. The van der Waals surface area contributed by atoms with Crippen molar-refractivity contribution in [2.24, 2.45) is 0 Å². The fraction of sp³-hybridized carbons (Fsp3) is 1.00. The molecule has 1 rings (SSSR count). The van der Waals surface area contributed by atoms with Gasteiger partial charge in [-0.25, -0.2) is 0 Å². The second-order valence-corrected chi connectivity index (χ2v) is 4.54. The Morgan fingerprint density at radius 1 is 1.38 bits per heavy atom. The lowest BCUT2D eigenvalue weighted by molar-refractivity contribution is -0.0638. The molecule has 1 aliphatic heterocycles. The van der Waals surface area contributed by atoms with Crippen molar-refractivity contribution in [1.29, 1.82) is 0 Å². The van der Waals surface area contributed by atoms with E-state index in [2.05, 4.69) is 19.2 Å². The third kappa shape index (κ3) is 5.83. The highest BCUT2D eigenvalue weighted by molar-refractivity contribution is 4.66. The quantitative estimate of drug-likeness (QED) is 0.693. The molecule has 1 fully saturated rings. The molecule has 3 nitrogen and oxygen atoms in total. The second kappa shape index (κ2) is 8.97. The summed E-state index contributed by atoms with van der Waals surface area (Å²) >= 11 is 0. The van der Waals surface area contributed by atoms with Crippen LogP contribution in [0.5, 0.6) is 0 Å². The zero-order chi connectivity index (χ0) is 11.6. The van der Waals surface area contributed by atoms with Crippen LogP contribution in [0.2, 0.25) is 0 Å². The molecule has 0 radical (unpaired) electrons. The van der Waals surface area contributed by atoms with Gasteiger partial charge in [0.05, 0.1) is 18.8 Å². The first kappa shape index (κ1) is 13.9. The minimum atomic E-state index is 0.342. The van der Waals surface area contributed by atoms with Crippen LogP contribution >= 0.6 is 0 Å². The molecule has 0 aromatic rings. The number of hydrogen-bond donors (Lipinski definition) is 1. The van der Waals surface area contributed by atoms with Gasteiger partial charge in [0.15, 0.2) is 0 Å². The lowest BCUT2D eigenvalue weighted by Gasteiger charge is -2.25. The number of nitrogens with one attached hydrogen (secondary N) is 1. The smallest absolute Gasteiger partial charge is 0.0808 e. The summed E-state index contributed by atoms with van der Waals surface area (Å²) in [4.78, 5) is 0. The van der Waals surface area contributed by atoms with Gasteiger partial charge in [0.25, 0.3) is 0 Å². The molecule has 3 heteroatoms. The minimum absolute atomic E-state index is 0.342. The molecule has 0 saturated carbocycles. The molecule has 1 saturated heterocycles. The lowest BCUT2D eigenvalue weighted by Crippen LogP contribution is -2.33. The topological polar surface area (TPSA) is 30.5 Å². The molecule has 0 bridgehead atoms. The zero-order valence-electron chi connectivity index (χ0n) is 10.8. The Kier molecular flexibility index (Phi) is 7.81. The van der Waals surface area contributed by atoms with Crippen LogP contribution in [0.15, 0.2) is 0 Å². The van der Waals surface area contributed by atoms with E-state index in [9.17, 15) is 0 Å². The third-order valence-electron chi connectivity index (χ3n) is 3.02. The SMILES string of the molecule is CCCC(CNCC)OCC1CCCCO1. The Bertz CT molecular complexity index is 158. The van der Waals surface area contributed by atoms with Crippen LogP contribution in [0.3, 0.4) is 0 Å². The Morgan fingerprint density at radius 2 is 2.25 bits per heavy atom. The molecule has 0 aromatic carbocycles. The molecule has 1 N–H and O–H groups in total. The van der Waals surface area contributed by atoms with Gasteiger partial charge in [0, 0.05) is 13.2 Å². The van der Waals surface area contributed by atoms with Crippen molar-refractivity contribution in [2.45, 2.75) is 58.2 Å². The molecule has 0 aliphatic carbocycles. The minimum Gasteiger partial charge on any atom is -0.376 e. The highest BCUT2D eigenvalue weighted by Gasteiger charge is 2.16. The van der Waals surface area contributed by atoms with Crippen LogP contribution in [0.1, 0.15) is 46.0 Å². The van der Waals surface area contributed by atoms with Crippen LogP contribution < -0.4 is 5.32 Å². The van der Waals surface area contributed by atoms with Crippen molar-refractivity contribution < 1.29 is 9.47 Å². The van der Waals surface area contributed by atoms with Gasteiger partial charge in [-0.1, -0.05) is 20.3 Å². The largest absolute Gasteiger partial charge is 0.376 e. The van der Waals surface area contributed by atoms with Crippen LogP contribution in [-0.2, 0) is 9.47 Å². The maximum absolute atomic E-state index is 5.94. The van der Waals surface area contributed by atoms with Crippen LogP contribution in [-0.4, -0.2) is 38.5 Å². The van der Waals surface area contributed by atoms with Crippen molar-refractivity contribution in [3.63, 3.8) is 0 Å². The van der Waals surface area contributed by atoms with Gasteiger partial charge in [-0.2, -0.15) is 0 Å². The van der Waals surface area contributed by atoms with Crippen molar-refractivity contribution in [3.05, 3.63) is 0 Å². The predicted molar refractivity (Wildman–Crippen MR) is 66.8 cm³/mol. The first-order valence-electron chi connectivity index (χ1n) is 6.80. The summed E-state index contributed by atoms with van der Waals surface area (Å²) in [6.45, 7) is 8.02. The van der Waals surface area contributed by atoms with E-state index in [1.807, 2.05) is 0 Å². The first-order chi connectivity index (χ1) is 7.86. The van der Waals surface area contributed by atoms with Crippen molar-refractivity contribution >= 4 is 0 Å². The summed E-state index contributed by atoms with van der Waals surface area (Å²) in [6, 6.07) is 0. The van der Waals surface area contributed by atoms with Crippen molar-refractivity contribution in [3.8, 4) is 0 Å². The molecular weight excluding hydrogens is 202 g/mol. The maximum Gasteiger partial charge on any atom is 0.0808 e. The fourth-order valence-electron chi connectivity index (χ4n) is 2.05. The lowest BCUT2D eigenvalue weighted by atomic mass is 10.1. The summed E-state index contributed by atoms with van der Waals surface area (Å²) in [5.74, 6) is 0. The van der Waals surface area contributed by atoms with E-state index in [0.29, 0.717) is 12.2 Å².